The van der Waals surface area contributed by atoms with E-state index >= 15 is 0 Å². The van der Waals surface area contributed by atoms with Crippen LogP contribution in [-0.4, -0.2) is 41.9 Å². The van der Waals surface area contributed by atoms with Crippen molar-refractivity contribution in [1.82, 2.24) is 10.2 Å². The van der Waals surface area contributed by atoms with Crippen LogP contribution in [0.1, 0.15) is 34.5 Å². The summed E-state index contributed by atoms with van der Waals surface area (Å²) >= 11 is 6.03. The van der Waals surface area contributed by atoms with E-state index in [-0.39, 0.29) is 30.7 Å². The van der Waals surface area contributed by atoms with Gasteiger partial charge in [0, 0.05) is 16.6 Å². The van der Waals surface area contributed by atoms with Crippen LogP contribution in [0.5, 0.6) is 0 Å². The third kappa shape index (κ3) is 5.26. The summed E-state index contributed by atoms with van der Waals surface area (Å²) in [6.07, 6.45) is -0.0921. The predicted octanol–water partition coefficient (Wildman–Crippen LogP) is 2.68. The van der Waals surface area contributed by atoms with Crippen LogP contribution < -0.4 is 11.1 Å². The average Bonchev–Trinajstić information content (AvgIpc) is 3.08. The molecular weight excluding hydrogens is 394 g/mol. The van der Waals surface area contributed by atoms with Gasteiger partial charge in [0.2, 0.25) is 5.91 Å². The SMILES string of the molecule is C[C@H](Cc1ccc(C(=O)NCC(N)=O)cc1)N1C[C@@H](c2cccc(Cl)c2)OC1=O. The molecule has 7 nitrogen and oxygen atoms in total. The topological polar surface area (TPSA) is 102 Å². The monoisotopic (exact) mass is 415 g/mol. The van der Waals surface area contributed by atoms with Crippen molar-refractivity contribution in [2.75, 3.05) is 13.1 Å². The maximum atomic E-state index is 12.3. The van der Waals surface area contributed by atoms with E-state index < -0.39 is 5.91 Å². The van der Waals surface area contributed by atoms with Gasteiger partial charge in [0.25, 0.3) is 5.91 Å². The molecule has 1 heterocycles. The quantitative estimate of drug-likeness (QED) is 0.725. The van der Waals surface area contributed by atoms with Crippen molar-refractivity contribution in [3.8, 4) is 0 Å². The number of rotatable bonds is 7. The summed E-state index contributed by atoms with van der Waals surface area (Å²) in [6.45, 7) is 2.20. The summed E-state index contributed by atoms with van der Waals surface area (Å²) in [5.41, 5.74) is 7.30. The third-order valence-electron chi connectivity index (χ3n) is 4.76. The van der Waals surface area contributed by atoms with Gasteiger partial charge in [-0.05, 0) is 48.7 Å². The first-order valence-electron chi connectivity index (χ1n) is 9.21. The minimum atomic E-state index is -0.600. The molecule has 1 aliphatic rings. The van der Waals surface area contributed by atoms with E-state index in [9.17, 15) is 14.4 Å². The molecule has 0 saturated carbocycles. The van der Waals surface area contributed by atoms with Crippen molar-refractivity contribution in [2.45, 2.75) is 25.5 Å². The number of primary amides is 1. The summed E-state index contributed by atoms with van der Waals surface area (Å²) in [5, 5.41) is 3.04. The highest BCUT2D eigenvalue weighted by molar-refractivity contribution is 6.30. The Hall–Kier alpha value is -3.06. The fourth-order valence-electron chi connectivity index (χ4n) is 3.23. The first-order valence-corrected chi connectivity index (χ1v) is 9.59. The van der Waals surface area contributed by atoms with Crippen LogP contribution in [0.4, 0.5) is 4.79 Å². The fraction of sp³-hybridized carbons (Fsp3) is 0.286. The third-order valence-corrected chi connectivity index (χ3v) is 5.00. The maximum absolute atomic E-state index is 12.3. The van der Waals surface area contributed by atoms with Crippen molar-refractivity contribution in [2.24, 2.45) is 5.73 Å². The Morgan fingerprint density at radius 1 is 1.28 bits per heavy atom. The van der Waals surface area contributed by atoms with Crippen LogP contribution in [0.3, 0.4) is 0 Å². The molecule has 0 bridgehead atoms. The molecule has 2 aromatic carbocycles. The number of hydrogen-bond acceptors (Lipinski definition) is 4. The highest BCUT2D eigenvalue weighted by Crippen LogP contribution is 2.29. The summed E-state index contributed by atoms with van der Waals surface area (Å²) in [4.78, 5) is 36.7. The zero-order valence-electron chi connectivity index (χ0n) is 15.9. The lowest BCUT2D eigenvalue weighted by atomic mass is 10.0. The Labute approximate surface area is 173 Å². The number of nitrogens with two attached hydrogens (primary N) is 1. The molecule has 3 amide bonds. The summed E-state index contributed by atoms with van der Waals surface area (Å²) < 4.78 is 5.51. The van der Waals surface area contributed by atoms with Crippen LogP contribution in [0.25, 0.3) is 0 Å². The number of carbonyl (C=O) groups is 3. The molecule has 1 saturated heterocycles. The van der Waals surface area contributed by atoms with Gasteiger partial charge in [0.1, 0.15) is 6.10 Å². The maximum Gasteiger partial charge on any atom is 0.410 e. The van der Waals surface area contributed by atoms with Crippen molar-refractivity contribution < 1.29 is 19.1 Å². The molecule has 0 spiro atoms. The number of cyclic esters (lactones) is 1. The number of benzene rings is 2. The van der Waals surface area contributed by atoms with Crippen molar-refractivity contribution >= 4 is 29.5 Å². The summed E-state index contributed by atoms with van der Waals surface area (Å²) in [7, 11) is 0. The Kier molecular flexibility index (Phi) is 6.39. The van der Waals surface area contributed by atoms with Crippen LogP contribution >= 0.6 is 11.6 Å². The Morgan fingerprint density at radius 2 is 2.00 bits per heavy atom. The zero-order valence-corrected chi connectivity index (χ0v) is 16.7. The fourth-order valence-corrected chi connectivity index (χ4v) is 3.43. The van der Waals surface area contributed by atoms with Gasteiger partial charge in [-0.15, -0.1) is 0 Å². The molecule has 2 aromatic rings. The number of nitrogens with one attached hydrogen (secondary N) is 1. The molecule has 2 atom stereocenters. The molecule has 152 valence electrons. The van der Waals surface area contributed by atoms with Crippen molar-refractivity contribution in [1.29, 1.82) is 0 Å². The minimum Gasteiger partial charge on any atom is -0.439 e. The first kappa shape index (κ1) is 20.7. The molecule has 3 rings (SSSR count). The molecule has 0 aromatic heterocycles. The van der Waals surface area contributed by atoms with Gasteiger partial charge < -0.3 is 20.7 Å². The second-order valence-electron chi connectivity index (χ2n) is 6.98. The average molecular weight is 416 g/mol. The van der Waals surface area contributed by atoms with E-state index in [2.05, 4.69) is 5.32 Å². The largest absolute Gasteiger partial charge is 0.439 e. The van der Waals surface area contributed by atoms with Gasteiger partial charge in [-0.1, -0.05) is 35.9 Å². The molecular formula is C21H22ClN3O4. The van der Waals surface area contributed by atoms with E-state index in [1.54, 1.807) is 29.2 Å². The second kappa shape index (κ2) is 8.96. The molecule has 0 unspecified atom stereocenters. The van der Waals surface area contributed by atoms with E-state index in [0.29, 0.717) is 23.6 Å². The lowest BCUT2D eigenvalue weighted by Crippen LogP contribution is -2.35. The van der Waals surface area contributed by atoms with E-state index in [4.69, 9.17) is 22.1 Å². The summed E-state index contributed by atoms with van der Waals surface area (Å²) in [5.74, 6) is -0.965. The zero-order chi connectivity index (χ0) is 21.0. The molecule has 0 radical (unpaired) electrons. The van der Waals surface area contributed by atoms with Gasteiger partial charge in [-0.25, -0.2) is 4.79 Å². The van der Waals surface area contributed by atoms with Gasteiger partial charge >= 0.3 is 6.09 Å². The molecule has 3 N–H and O–H groups in total. The van der Waals surface area contributed by atoms with E-state index in [0.717, 1.165) is 11.1 Å². The van der Waals surface area contributed by atoms with Crippen LogP contribution in [0.2, 0.25) is 5.02 Å². The summed E-state index contributed by atoms with van der Waals surface area (Å²) in [6, 6.07) is 14.2. The van der Waals surface area contributed by atoms with Gasteiger partial charge in [-0.3, -0.25) is 9.59 Å². The van der Waals surface area contributed by atoms with Crippen LogP contribution in [0.15, 0.2) is 48.5 Å². The standard InChI is InChI=1S/C21H22ClN3O4/c1-13(9-14-5-7-15(8-6-14)20(27)24-11-19(23)26)25-12-18(29-21(25)28)16-3-2-4-17(22)10-16/h2-8,10,13,18H,9,11-12H2,1H3,(H2,23,26)(H,24,27)/t13-,18+/m1/s1. The Morgan fingerprint density at radius 3 is 2.66 bits per heavy atom. The van der Waals surface area contributed by atoms with E-state index in [1.807, 2.05) is 31.2 Å². The molecule has 29 heavy (non-hydrogen) atoms. The molecule has 0 aliphatic carbocycles. The molecule has 1 fully saturated rings. The lowest BCUT2D eigenvalue weighted by molar-refractivity contribution is -0.117. The van der Waals surface area contributed by atoms with Crippen LogP contribution in [-0.2, 0) is 16.0 Å². The smallest absolute Gasteiger partial charge is 0.410 e. The predicted molar refractivity (Wildman–Crippen MR) is 109 cm³/mol. The number of carbonyl (C=O) groups excluding carboxylic acids is 3. The molecule has 8 heteroatoms. The number of halogens is 1. The Balaban J connectivity index is 1.60. The lowest BCUT2D eigenvalue weighted by Gasteiger charge is -2.22. The van der Waals surface area contributed by atoms with Gasteiger partial charge in [-0.2, -0.15) is 0 Å². The Bertz CT molecular complexity index is 916. The highest BCUT2D eigenvalue weighted by atomic mass is 35.5. The van der Waals surface area contributed by atoms with Crippen molar-refractivity contribution in [3.63, 3.8) is 0 Å². The van der Waals surface area contributed by atoms with Crippen LogP contribution in [0, 0.1) is 0 Å². The number of ether oxygens (including phenoxy) is 1. The van der Waals surface area contributed by atoms with Gasteiger partial charge in [0.15, 0.2) is 0 Å². The highest BCUT2D eigenvalue weighted by Gasteiger charge is 2.35. The normalized spacial score (nSPS) is 17.0. The molecule has 1 aliphatic heterocycles. The minimum absolute atomic E-state index is 0.0822. The number of hydrogen-bond donors (Lipinski definition) is 2. The number of amides is 3. The van der Waals surface area contributed by atoms with Gasteiger partial charge in [0.05, 0.1) is 13.1 Å². The van der Waals surface area contributed by atoms with E-state index in [1.165, 1.54) is 0 Å². The van der Waals surface area contributed by atoms with Crippen molar-refractivity contribution in [3.05, 3.63) is 70.2 Å². The first-order chi connectivity index (χ1) is 13.8. The number of nitrogens with zero attached hydrogens (tertiary/aromatic N) is 1. The second-order valence-corrected chi connectivity index (χ2v) is 7.42.